The van der Waals surface area contributed by atoms with E-state index in [1.165, 1.54) is 0 Å². The van der Waals surface area contributed by atoms with Crippen molar-refractivity contribution in [2.75, 3.05) is 30.4 Å². The van der Waals surface area contributed by atoms with E-state index in [-0.39, 0.29) is 0 Å². The van der Waals surface area contributed by atoms with E-state index in [2.05, 4.69) is 30.7 Å². The van der Waals surface area contributed by atoms with Gasteiger partial charge in [0.15, 0.2) is 17.3 Å². The van der Waals surface area contributed by atoms with Gasteiger partial charge in [0.1, 0.15) is 5.75 Å². The predicted octanol–water partition coefficient (Wildman–Crippen LogP) is 4.10. The number of methoxy groups -OCH3 is 1. The molecule has 3 aromatic heterocycles. The Morgan fingerprint density at radius 3 is 2.71 bits per heavy atom. The van der Waals surface area contributed by atoms with Crippen molar-refractivity contribution < 1.29 is 9.94 Å². The number of piperidine rings is 1. The van der Waals surface area contributed by atoms with Gasteiger partial charge in [0.2, 0.25) is 0 Å². The van der Waals surface area contributed by atoms with E-state index >= 15 is 0 Å². The first-order chi connectivity index (χ1) is 16.6. The predicted molar refractivity (Wildman–Crippen MR) is 132 cm³/mol. The molecule has 0 atom stereocenters. The Morgan fingerprint density at radius 2 is 2.00 bits per heavy atom. The van der Waals surface area contributed by atoms with Crippen LogP contribution in [0.25, 0.3) is 21.8 Å². The summed E-state index contributed by atoms with van der Waals surface area (Å²) in [6, 6.07) is 5.68. The highest BCUT2D eigenvalue weighted by Crippen LogP contribution is 2.35. The zero-order chi connectivity index (χ0) is 23.7. The second-order valence-electron chi connectivity index (χ2n) is 8.09. The number of rotatable bonds is 6. The Bertz CT molecular complexity index is 1380. The molecule has 1 saturated heterocycles. The molecule has 176 valence electrons. The third-order valence-electron chi connectivity index (χ3n) is 6.15. The van der Waals surface area contributed by atoms with Crippen molar-refractivity contribution in [3.8, 4) is 5.75 Å². The van der Waals surface area contributed by atoms with Gasteiger partial charge in [0.05, 0.1) is 29.4 Å². The zero-order valence-corrected chi connectivity index (χ0v) is 19.7. The maximum absolute atomic E-state index is 9.10. The van der Waals surface area contributed by atoms with Gasteiger partial charge in [-0.3, -0.25) is 0 Å². The second-order valence-corrected chi connectivity index (χ2v) is 8.50. The molecule has 0 unspecified atom stereocenters. The Hall–Kier alpha value is -3.66. The minimum absolute atomic E-state index is 0.513. The molecule has 1 aliphatic rings. The molecule has 4 aromatic rings. The Morgan fingerprint density at radius 1 is 1.18 bits per heavy atom. The van der Waals surface area contributed by atoms with Crippen LogP contribution >= 0.6 is 11.6 Å². The van der Waals surface area contributed by atoms with Crippen LogP contribution in [0.5, 0.6) is 5.75 Å². The highest BCUT2D eigenvalue weighted by molar-refractivity contribution is 6.32. The van der Waals surface area contributed by atoms with Crippen LogP contribution in [-0.4, -0.2) is 56.1 Å². The van der Waals surface area contributed by atoms with E-state index in [0.717, 1.165) is 45.4 Å². The zero-order valence-electron chi connectivity index (χ0n) is 19.0. The van der Waals surface area contributed by atoms with Gasteiger partial charge in [-0.05, 0) is 24.6 Å². The summed E-state index contributed by atoms with van der Waals surface area (Å²) in [5.74, 6) is 2.06. The molecule has 0 amide bonds. The van der Waals surface area contributed by atoms with Crippen molar-refractivity contribution in [3.63, 3.8) is 0 Å². The quantitative estimate of drug-likeness (QED) is 0.313. The number of nitrogens with one attached hydrogen (secondary N) is 1. The summed E-state index contributed by atoms with van der Waals surface area (Å²) in [5.41, 5.74) is 2.60. The lowest BCUT2D eigenvalue weighted by Gasteiger charge is -2.28. The number of hydrogen-bond acceptors (Lipinski definition) is 9. The summed E-state index contributed by atoms with van der Waals surface area (Å²) in [6.45, 7) is 4.67. The minimum Gasteiger partial charge on any atom is -0.495 e. The monoisotopic (exact) mass is 480 g/mol. The third-order valence-corrected chi connectivity index (χ3v) is 6.44. The molecule has 0 spiro atoms. The average molecular weight is 481 g/mol. The molecule has 0 saturated carbocycles. The maximum Gasteiger partial charge on any atom is 0.160 e. The number of anilines is 2. The molecule has 11 heteroatoms. The van der Waals surface area contributed by atoms with Gasteiger partial charge in [-0.1, -0.05) is 22.8 Å². The lowest BCUT2D eigenvalue weighted by atomic mass is 10.1. The van der Waals surface area contributed by atoms with Crippen LogP contribution in [0.15, 0.2) is 35.7 Å². The van der Waals surface area contributed by atoms with Gasteiger partial charge in [-0.15, -0.1) is 10.2 Å². The molecular formula is C23H25ClN8O2. The number of aryl methyl sites for hydroxylation is 1. The summed E-state index contributed by atoms with van der Waals surface area (Å²) >= 11 is 6.30. The number of oxime groups is 1. The van der Waals surface area contributed by atoms with Crippen molar-refractivity contribution in [3.05, 3.63) is 41.2 Å². The molecule has 1 aromatic carbocycles. The Balaban J connectivity index is 1.56. The van der Waals surface area contributed by atoms with E-state index in [9.17, 15) is 0 Å². The van der Waals surface area contributed by atoms with Crippen molar-refractivity contribution >= 4 is 50.8 Å². The van der Waals surface area contributed by atoms with Gasteiger partial charge in [0, 0.05) is 56.0 Å². The third kappa shape index (κ3) is 3.94. The van der Waals surface area contributed by atoms with Crippen LogP contribution < -0.4 is 15.0 Å². The van der Waals surface area contributed by atoms with E-state index in [1.54, 1.807) is 7.11 Å². The smallest absolute Gasteiger partial charge is 0.160 e. The standard InChI is InChI=1S/C23H25ClN8O2/c1-3-32-22-17(13-27-32)20-16(12-26-22)23(31-8-6-15(30-33)7-9-31)29-28-21(20)25-11-14-4-5-19(34-2)18(24)10-14/h4-5,10,12-13,33H,3,6-9,11H2,1-2H3,(H,25,28). The molecule has 0 bridgehead atoms. The molecule has 34 heavy (non-hydrogen) atoms. The summed E-state index contributed by atoms with van der Waals surface area (Å²) in [6.07, 6.45) is 5.05. The summed E-state index contributed by atoms with van der Waals surface area (Å²) < 4.78 is 7.12. The van der Waals surface area contributed by atoms with Crippen LogP contribution in [0.3, 0.4) is 0 Å². The topological polar surface area (TPSA) is 114 Å². The van der Waals surface area contributed by atoms with E-state index in [4.69, 9.17) is 26.5 Å². The van der Waals surface area contributed by atoms with Crippen LogP contribution in [0.4, 0.5) is 11.6 Å². The maximum atomic E-state index is 9.10. The number of pyridine rings is 1. The SMILES string of the molecule is CCn1ncc2c3c(NCc4ccc(OC)c(Cl)c4)nnc(N4CCC(=NO)CC4)c3cnc21. The van der Waals surface area contributed by atoms with E-state index in [0.29, 0.717) is 49.1 Å². The van der Waals surface area contributed by atoms with Gasteiger partial charge in [-0.2, -0.15) is 5.10 Å². The lowest BCUT2D eigenvalue weighted by Crippen LogP contribution is -2.34. The molecule has 0 radical (unpaired) electrons. The first kappa shape index (κ1) is 22.1. The summed E-state index contributed by atoms with van der Waals surface area (Å²) in [7, 11) is 1.60. The number of benzene rings is 1. The molecule has 2 N–H and O–H groups in total. The van der Waals surface area contributed by atoms with Gasteiger partial charge in [-0.25, -0.2) is 9.67 Å². The van der Waals surface area contributed by atoms with Crippen LogP contribution in [0.1, 0.15) is 25.3 Å². The highest BCUT2D eigenvalue weighted by atomic mass is 35.5. The molecule has 5 rings (SSSR count). The summed E-state index contributed by atoms with van der Waals surface area (Å²) in [5, 5.41) is 32.9. The molecular weight excluding hydrogens is 456 g/mol. The number of hydrogen-bond donors (Lipinski definition) is 2. The fraction of sp³-hybridized carbons (Fsp3) is 0.348. The summed E-state index contributed by atoms with van der Waals surface area (Å²) in [4.78, 5) is 6.86. The van der Waals surface area contributed by atoms with Crippen LogP contribution in [0.2, 0.25) is 5.02 Å². The first-order valence-electron chi connectivity index (χ1n) is 11.1. The fourth-order valence-electron chi connectivity index (χ4n) is 4.32. The number of nitrogens with zero attached hydrogens (tertiary/aromatic N) is 7. The molecule has 4 heterocycles. The van der Waals surface area contributed by atoms with Crippen LogP contribution in [-0.2, 0) is 13.1 Å². The van der Waals surface area contributed by atoms with Crippen molar-refractivity contribution in [2.45, 2.75) is 32.9 Å². The van der Waals surface area contributed by atoms with Crippen molar-refractivity contribution in [1.82, 2.24) is 25.0 Å². The largest absolute Gasteiger partial charge is 0.495 e. The van der Waals surface area contributed by atoms with Crippen molar-refractivity contribution in [2.24, 2.45) is 5.16 Å². The number of aromatic nitrogens is 5. The fourth-order valence-corrected chi connectivity index (χ4v) is 4.60. The first-order valence-corrected chi connectivity index (χ1v) is 11.5. The van der Waals surface area contributed by atoms with Gasteiger partial charge < -0.3 is 20.2 Å². The van der Waals surface area contributed by atoms with Gasteiger partial charge >= 0.3 is 0 Å². The Labute approximate surface area is 201 Å². The molecule has 0 aliphatic carbocycles. The van der Waals surface area contributed by atoms with E-state index < -0.39 is 0 Å². The number of fused-ring (bicyclic) bond motifs is 3. The van der Waals surface area contributed by atoms with Gasteiger partial charge in [0.25, 0.3) is 0 Å². The second kappa shape index (κ2) is 9.30. The molecule has 1 fully saturated rings. The molecule has 1 aliphatic heterocycles. The molecule has 10 nitrogen and oxygen atoms in total. The minimum atomic E-state index is 0.513. The number of halogens is 1. The van der Waals surface area contributed by atoms with E-state index in [1.807, 2.05) is 42.2 Å². The average Bonchev–Trinajstić information content (AvgIpc) is 3.31. The normalized spacial score (nSPS) is 14.1. The highest BCUT2D eigenvalue weighted by Gasteiger charge is 2.22. The van der Waals surface area contributed by atoms with Crippen LogP contribution in [0, 0.1) is 0 Å². The van der Waals surface area contributed by atoms with Crippen molar-refractivity contribution in [1.29, 1.82) is 0 Å². The number of ether oxygens (including phenoxy) is 1. The lowest BCUT2D eigenvalue weighted by molar-refractivity contribution is 0.315. The Kier molecular flexibility index (Phi) is 6.06.